The average Bonchev–Trinajstić information content (AvgIpc) is 2.90. The Labute approximate surface area is 136 Å². The second-order valence-corrected chi connectivity index (χ2v) is 6.06. The van der Waals surface area contributed by atoms with Gasteiger partial charge in [-0.15, -0.1) is 0 Å². The number of carbonyl (C=O) groups is 1. The van der Waals surface area contributed by atoms with Crippen LogP contribution in [0.3, 0.4) is 0 Å². The molecule has 3 rings (SSSR count). The van der Waals surface area contributed by atoms with Crippen LogP contribution in [0.4, 0.5) is 0 Å². The molecule has 0 saturated heterocycles. The summed E-state index contributed by atoms with van der Waals surface area (Å²) in [6, 6.07) is 4.42. The summed E-state index contributed by atoms with van der Waals surface area (Å²) in [5, 5.41) is 2.66. The van der Waals surface area contributed by atoms with Crippen LogP contribution in [0.5, 0.6) is 0 Å². The number of imidazole rings is 1. The Kier molecular flexibility index (Phi) is 4.33. The van der Waals surface area contributed by atoms with Crippen molar-refractivity contribution in [2.24, 2.45) is 7.05 Å². The number of carbonyl (C=O) groups excluding carboxylic acids is 1. The van der Waals surface area contributed by atoms with Gasteiger partial charge < -0.3 is 9.88 Å². The zero-order valence-electron chi connectivity index (χ0n) is 14.0. The van der Waals surface area contributed by atoms with E-state index >= 15 is 0 Å². The lowest BCUT2D eigenvalue weighted by molar-refractivity contribution is -0.120. The highest BCUT2D eigenvalue weighted by atomic mass is 16.1. The molecular weight excluding hydrogens is 286 g/mol. The molecule has 0 spiro atoms. The zero-order valence-corrected chi connectivity index (χ0v) is 14.0. The van der Waals surface area contributed by atoms with Crippen molar-refractivity contribution in [3.05, 3.63) is 47.3 Å². The Balaban J connectivity index is 1.99. The maximum atomic E-state index is 11.5. The van der Waals surface area contributed by atoms with Gasteiger partial charge in [-0.1, -0.05) is 18.2 Å². The summed E-state index contributed by atoms with van der Waals surface area (Å²) < 4.78 is 2.11. The first-order valence-corrected chi connectivity index (χ1v) is 8.13. The summed E-state index contributed by atoms with van der Waals surface area (Å²) in [6.07, 6.45) is 10.1. The largest absolute Gasteiger partial charge is 0.359 e. The minimum Gasteiger partial charge on any atom is -0.359 e. The summed E-state index contributed by atoms with van der Waals surface area (Å²) in [5.41, 5.74) is 5.87. The van der Waals surface area contributed by atoms with E-state index in [0.717, 1.165) is 29.7 Å². The summed E-state index contributed by atoms with van der Waals surface area (Å²) in [6.45, 7) is 2.11. The molecule has 0 atom stereocenters. The molecule has 1 amide bonds. The van der Waals surface area contributed by atoms with Gasteiger partial charge in [-0.25, -0.2) is 4.98 Å². The molecule has 23 heavy (non-hydrogen) atoms. The molecule has 4 nitrogen and oxygen atoms in total. The van der Waals surface area contributed by atoms with Crippen LogP contribution in [0.15, 0.2) is 30.4 Å². The number of fused-ring (bicyclic) bond motifs is 1. The Hall–Kier alpha value is -2.36. The lowest BCUT2D eigenvalue weighted by Crippen LogP contribution is -2.18. The predicted octanol–water partition coefficient (Wildman–Crippen LogP) is 3.29. The van der Waals surface area contributed by atoms with Crippen LogP contribution in [0, 0.1) is 6.92 Å². The van der Waals surface area contributed by atoms with E-state index in [2.05, 4.69) is 47.2 Å². The summed E-state index contributed by atoms with van der Waals surface area (Å²) in [5.74, 6) is 1.00. The van der Waals surface area contributed by atoms with Crippen molar-refractivity contribution in [3.63, 3.8) is 0 Å². The molecule has 2 aromatic rings. The fraction of sp³-hybridized carbons (Fsp3) is 0.368. The Bertz CT molecular complexity index is 812. The van der Waals surface area contributed by atoms with Gasteiger partial charge in [0.25, 0.3) is 0 Å². The van der Waals surface area contributed by atoms with Gasteiger partial charge in [0.15, 0.2) is 0 Å². The quantitative estimate of drug-likeness (QED) is 0.942. The van der Waals surface area contributed by atoms with Crippen LogP contribution in [0.25, 0.3) is 16.6 Å². The molecule has 1 aromatic heterocycles. The van der Waals surface area contributed by atoms with E-state index in [0.29, 0.717) is 12.8 Å². The summed E-state index contributed by atoms with van der Waals surface area (Å²) in [7, 11) is 3.70. The second kappa shape index (κ2) is 6.41. The minimum atomic E-state index is 0.0481. The van der Waals surface area contributed by atoms with Gasteiger partial charge >= 0.3 is 0 Å². The van der Waals surface area contributed by atoms with E-state index in [9.17, 15) is 4.79 Å². The van der Waals surface area contributed by atoms with Gasteiger partial charge in [-0.3, -0.25) is 4.79 Å². The van der Waals surface area contributed by atoms with Crippen LogP contribution >= 0.6 is 0 Å². The summed E-state index contributed by atoms with van der Waals surface area (Å²) in [4.78, 5) is 16.2. The van der Waals surface area contributed by atoms with Crippen LogP contribution in [0.1, 0.15) is 36.2 Å². The molecule has 0 bridgehead atoms. The van der Waals surface area contributed by atoms with E-state index in [-0.39, 0.29) is 5.91 Å². The topological polar surface area (TPSA) is 46.9 Å². The number of hydrogen-bond acceptors (Lipinski definition) is 2. The number of nitrogens with zero attached hydrogens (tertiary/aromatic N) is 2. The van der Waals surface area contributed by atoms with Crippen molar-refractivity contribution in [2.75, 3.05) is 7.05 Å². The highest BCUT2D eigenvalue weighted by Crippen LogP contribution is 2.28. The van der Waals surface area contributed by atoms with E-state index in [1.807, 2.05) is 7.05 Å². The SMILES string of the molecule is CNC(=O)CCc1nc2c(C)cc(C3=CCCC=C3)cc2n1C. The van der Waals surface area contributed by atoms with Crippen molar-refractivity contribution in [2.45, 2.75) is 32.6 Å². The third-order valence-electron chi connectivity index (χ3n) is 4.45. The van der Waals surface area contributed by atoms with Gasteiger partial charge in [0, 0.05) is 26.9 Å². The number of allylic oxidation sites excluding steroid dienone is 4. The van der Waals surface area contributed by atoms with Crippen molar-refractivity contribution < 1.29 is 4.79 Å². The standard InChI is InChI=1S/C19H23N3O/c1-13-11-15(14-7-5-4-6-8-14)12-16-19(13)21-17(22(16)3)9-10-18(23)20-2/h5,7-8,11-12H,4,6,9-10H2,1-3H3,(H,20,23). The lowest BCUT2D eigenvalue weighted by Gasteiger charge is -2.09. The maximum absolute atomic E-state index is 11.5. The van der Waals surface area contributed by atoms with Crippen LogP contribution in [0.2, 0.25) is 0 Å². The van der Waals surface area contributed by atoms with Crippen molar-refractivity contribution in [3.8, 4) is 0 Å². The molecule has 0 radical (unpaired) electrons. The van der Waals surface area contributed by atoms with Crippen LogP contribution in [-0.2, 0) is 18.3 Å². The molecular formula is C19H23N3O. The molecule has 120 valence electrons. The van der Waals surface area contributed by atoms with Crippen molar-refractivity contribution >= 4 is 22.5 Å². The van der Waals surface area contributed by atoms with E-state index in [1.165, 1.54) is 16.7 Å². The smallest absolute Gasteiger partial charge is 0.220 e. The van der Waals surface area contributed by atoms with Gasteiger partial charge in [-0.2, -0.15) is 0 Å². The molecule has 1 heterocycles. The average molecular weight is 309 g/mol. The fourth-order valence-electron chi connectivity index (χ4n) is 3.07. The molecule has 1 aromatic carbocycles. The fourth-order valence-corrected chi connectivity index (χ4v) is 3.07. The van der Waals surface area contributed by atoms with E-state index < -0.39 is 0 Å². The Morgan fingerprint density at radius 3 is 2.87 bits per heavy atom. The number of nitrogens with one attached hydrogen (secondary N) is 1. The molecule has 4 heteroatoms. The van der Waals surface area contributed by atoms with E-state index in [1.54, 1.807) is 7.05 Å². The molecule has 0 fully saturated rings. The first kappa shape index (κ1) is 15.5. The van der Waals surface area contributed by atoms with Crippen molar-refractivity contribution in [1.82, 2.24) is 14.9 Å². The maximum Gasteiger partial charge on any atom is 0.220 e. The minimum absolute atomic E-state index is 0.0481. The van der Waals surface area contributed by atoms with Gasteiger partial charge in [0.2, 0.25) is 5.91 Å². The molecule has 0 aliphatic heterocycles. The molecule has 0 unspecified atom stereocenters. The number of rotatable bonds is 4. The number of amides is 1. The lowest BCUT2D eigenvalue weighted by atomic mass is 9.97. The number of benzene rings is 1. The Morgan fingerprint density at radius 1 is 1.35 bits per heavy atom. The highest BCUT2D eigenvalue weighted by molar-refractivity contribution is 5.87. The third-order valence-corrected chi connectivity index (χ3v) is 4.45. The van der Waals surface area contributed by atoms with Gasteiger partial charge in [0.1, 0.15) is 5.82 Å². The molecule has 1 aliphatic rings. The molecule has 1 aliphatic carbocycles. The van der Waals surface area contributed by atoms with Gasteiger partial charge in [0.05, 0.1) is 11.0 Å². The third kappa shape index (κ3) is 3.07. The number of aryl methyl sites for hydroxylation is 3. The Morgan fingerprint density at radius 2 is 2.17 bits per heavy atom. The van der Waals surface area contributed by atoms with Crippen molar-refractivity contribution in [1.29, 1.82) is 0 Å². The molecule has 1 N–H and O–H groups in total. The van der Waals surface area contributed by atoms with E-state index in [4.69, 9.17) is 4.98 Å². The zero-order chi connectivity index (χ0) is 16.4. The van der Waals surface area contributed by atoms with Gasteiger partial charge in [-0.05, 0) is 48.6 Å². The first-order chi connectivity index (χ1) is 11.1. The second-order valence-electron chi connectivity index (χ2n) is 6.06. The predicted molar refractivity (Wildman–Crippen MR) is 94.2 cm³/mol. The number of hydrogen-bond donors (Lipinski definition) is 1. The summed E-state index contributed by atoms with van der Waals surface area (Å²) >= 11 is 0. The first-order valence-electron chi connectivity index (χ1n) is 8.13. The molecule has 0 saturated carbocycles. The monoisotopic (exact) mass is 309 g/mol. The highest BCUT2D eigenvalue weighted by Gasteiger charge is 2.13. The number of aromatic nitrogens is 2. The van der Waals surface area contributed by atoms with Crippen LogP contribution in [-0.4, -0.2) is 22.5 Å². The normalized spacial score (nSPS) is 14.1. The van der Waals surface area contributed by atoms with Crippen LogP contribution < -0.4 is 5.32 Å².